The van der Waals surface area contributed by atoms with E-state index in [0.717, 1.165) is 0 Å². The van der Waals surface area contributed by atoms with Crippen LogP contribution in [0.3, 0.4) is 0 Å². The van der Waals surface area contributed by atoms with Crippen LogP contribution in [-0.4, -0.2) is 28.2 Å². The van der Waals surface area contributed by atoms with Crippen molar-refractivity contribution in [3.8, 4) is 0 Å². The van der Waals surface area contributed by atoms with Crippen molar-refractivity contribution in [3.63, 3.8) is 0 Å². The number of aromatic amines is 1. The van der Waals surface area contributed by atoms with E-state index >= 15 is 0 Å². The van der Waals surface area contributed by atoms with Crippen molar-refractivity contribution in [3.05, 3.63) is 76.1 Å². The van der Waals surface area contributed by atoms with Crippen molar-refractivity contribution < 1.29 is 9.18 Å². The molecular formula is C20H20FN3O2S. The van der Waals surface area contributed by atoms with Crippen LogP contribution in [0.1, 0.15) is 17.8 Å². The molecule has 1 heterocycles. The molecule has 0 atom stereocenters. The standard InChI is InChI=1S/C20H20FN3O2S/c21-16-7-3-1-5-14(16)13-27-12-11-22-19(25)10-9-18-23-17-8-4-2-6-15(17)20(26)24-18/h1-8H,9-13H2,(H,22,25)(H,23,24,26). The van der Waals surface area contributed by atoms with Gasteiger partial charge in [-0.15, -0.1) is 0 Å². The summed E-state index contributed by atoms with van der Waals surface area (Å²) in [5.41, 5.74) is 1.10. The molecule has 0 aliphatic carbocycles. The second-order valence-corrected chi connectivity index (χ2v) is 7.13. The first-order valence-corrected chi connectivity index (χ1v) is 9.85. The number of hydrogen-bond acceptors (Lipinski definition) is 4. The zero-order valence-electron chi connectivity index (χ0n) is 14.7. The van der Waals surface area contributed by atoms with E-state index in [9.17, 15) is 14.0 Å². The first kappa shape index (κ1) is 19.1. The van der Waals surface area contributed by atoms with Gasteiger partial charge in [-0.3, -0.25) is 9.59 Å². The number of para-hydroxylation sites is 1. The second kappa shape index (κ2) is 9.32. The number of aryl methyl sites for hydroxylation is 1. The van der Waals surface area contributed by atoms with Gasteiger partial charge in [-0.1, -0.05) is 30.3 Å². The molecule has 1 aromatic heterocycles. The number of nitrogens with one attached hydrogen (secondary N) is 2. The predicted molar refractivity (Wildman–Crippen MR) is 106 cm³/mol. The van der Waals surface area contributed by atoms with Crippen molar-refractivity contribution >= 4 is 28.6 Å². The summed E-state index contributed by atoms with van der Waals surface area (Å²) in [5, 5.41) is 3.37. The third kappa shape index (κ3) is 5.40. The lowest BCUT2D eigenvalue weighted by atomic mass is 10.2. The van der Waals surface area contributed by atoms with Crippen LogP contribution in [0.4, 0.5) is 4.39 Å². The van der Waals surface area contributed by atoms with Crippen LogP contribution in [0.15, 0.2) is 53.3 Å². The van der Waals surface area contributed by atoms with E-state index in [-0.39, 0.29) is 23.7 Å². The van der Waals surface area contributed by atoms with Crippen LogP contribution in [0, 0.1) is 5.82 Å². The molecule has 0 spiro atoms. The Kier molecular flexibility index (Phi) is 6.59. The summed E-state index contributed by atoms with van der Waals surface area (Å²) < 4.78 is 13.5. The first-order chi connectivity index (χ1) is 13.1. The number of halogens is 1. The lowest BCUT2D eigenvalue weighted by Gasteiger charge is -2.06. The maximum absolute atomic E-state index is 13.5. The Morgan fingerprint density at radius 3 is 2.78 bits per heavy atom. The highest BCUT2D eigenvalue weighted by molar-refractivity contribution is 7.98. The van der Waals surface area contributed by atoms with Gasteiger partial charge in [0, 0.05) is 30.9 Å². The quantitative estimate of drug-likeness (QED) is 0.585. The molecule has 0 aliphatic heterocycles. The molecule has 1 amide bonds. The fraction of sp³-hybridized carbons (Fsp3) is 0.250. The maximum atomic E-state index is 13.5. The van der Waals surface area contributed by atoms with E-state index in [1.54, 1.807) is 42.1 Å². The Balaban J connectivity index is 1.40. The molecule has 0 unspecified atom stereocenters. The van der Waals surface area contributed by atoms with Crippen LogP contribution >= 0.6 is 11.8 Å². The number of benzene rings is 2. The van der Waals surface area contributed by atoms with E-state index in [4.69, 9.17) is 0 Å². The van der Waals surface area contributed by atoms with Gasteiger partial charge in [-0.05, 0) is 23.8 Å². The maximum Gasteiger partial charge on any atom is 0.258 e. The topological polar surface area (TPSA) is 74.8 Å². The van der Waals surface area contributed by atoms with Crippen molar-refractivity contribution in [1.29, 1.82) is 0 Å². The highest BCUT2D eigenvalue weighted by Crippen LogP contribution is 2.14. The molecule has 5 nitrogen and oxygen atoms in total. The van der Waals surface area contributed by atoms with Crippen molar-refractivity contribution in [2.75, 3.05) is 12.3 Å². The predicted octanol–water partition coefficient (Wildman–Crippen LogP) is 3.04. The van der Waals surface area contributed by atoms with Crippen LogP contribution in [0.2, 0.25) is 0 Å². The van der Waals surface area contributed by atoms with Gasteiger partial charge in [0.05, 0.1) is 10.9 Å². The first-order valence-electron chi connectivity index (χ1n) is 8.69. The minimum atomic E-state index is -0.203. The number of fused-ring (bicyclic) bond motifs is 1. The Morgan fingerprint density at radius 1 is 1.15 bits per heavy atom. The van der Waals surface area contributed by atoms with Gasteiger partial charge in [-0.25, -0.2) is 9.37 Å². The molecule has 140 valence electrons. The van der Waals surface area contributed by atoms with Crippen LogP contribution in [0.25, 0.3) is 10.9 Å². The minimum absolute atomic E-state index is 0.0997. The molecule has 7 heteroatoms. The normalized spacial score (nSPS) is 10.9. The Bertz CT molecular complexity index is 990. The summed E-state index contributed by atoms with van der Waals surface area (Å²) >= 11 is 1.57. The molecule has 0 aliphatic rings. The minimum Gasteiger partial charge on any atom is -0.355 e. The van der Waals surface area contributed by atoms with E-state index in [1.165, 1.54) is 6.07 Å². The van der Waals surface area contributed by atoms with Gasteiger partial charge in [0.25, 0.3) is 5.56 Å². The number of thioether (sulfide) groups is 1. The molecule has 0 saturated carbocycles. The zero-order valence-corrected chi connectivity index (χ0v) is 15.5. The van der Waals surface area contributed by atoms with E-state index in [0.29, 0.717) is 46.8 Å². The number of aromatic nitrogens is 2. The molecule has 0 radical (unpaired) electrons. The van der Waals surface area contributed by atoms with Gasteiger partial charge in [0.15, 0.2) is 0 Å². The number of rotatable bonds is 8. The molecule has 2 N–H and O–H groups in total. The molecular weight excluding hydrogens is 365 g/mol. The average molecular weight is 385 g/mol. The highest BCUT2D eigenvalue weighted by atomic mass is 32.2. The van der Waals surface area contributed by atoms with Crippen molar-refractivity contribution in [2.24, 2.45) is 0 Å². The molecule has 3 rings (SSSR count). The van der Waals surface area contributed by atoms with Crippen LogP contribution in [-0.2, 0) is 17.0 Å². The number of hydrogen-bond donors (Lipinski definition) is 2. The summed E-state index contributed by atoms with van der Waals surface area (Å²) in [6.07, 6.45) is 0.619. The lowest BCUT2D eigenvalue weighted by molar-refractivity contribution is -0.120. The van der Waals surface area contributed by atoms with Crippen LogP contribution in [0.5, 0.6) is 0 Å². The monoisotopic (exact) mass is 385 g/mol. The molecule has 0 fully saturated rings. The fourth-order valence-electron chi connectivity index (χ4n) is 2.63. The average Bonchev–Trinajstić information content (AvgIpc) is 2.67. The highest BCUT2D eigenvalue weighted by Gasteiger charge is 2.07. The zero-order chi connectivity index (χ0) is 19.1. The summed E-state index contributed by atoms with van der Waals surface area (Å²) in [4.78, 5) is 31.1. The molecule has 2 aromatic carbocycles. The molecule has 0 saturated heterocycles. The van der Waals surface area contributed by atoms with Gasteiger partial charge in [-0.2, -0.15) is 11.8 Å². The van der Waals surface area contributed by atoms with Gasteiger partial charge in [0.1, 0.15) is 11.6 Å². The van der Waals surface area contributed by atoms with E-state index < -0.39 is 0 Å². The van der Waals surface area contributed by atoms with E-state index in [2.05, 4.69) is 15.3 Å². The number of H-pyrrole nitrogens is 1. The van der Waals surface area contributed by atoms with Crippen LogP contribution < -0.4 is 10.9 Å². The van der Waals surface area contributed by atoms with Gasteiger partial charge in [0.2, 0.25) is 5.91 Å². The summed E-state index contributed by atoms with van der Waals surface area (Å²) in [6, 6.07) is 13.8. The summed E-state index contributed by atoms with van der Waals surface area (Å²) in [5.74, 6) is 1.47. The molecule has 0 bridgehead atoms. The molecule has 3 aromatic rings. The number of nitrogens with zero attached hydrogens (tertiary/aromatic N) is 1. The Morgan fingerprint density at radius 2 is 1.93 bits per heavy atom. The Labute approximate surface area is 160 Å². The smallest absolute Gasteiger partial charge is 0.258 e. The number of carbonyl (C=O) groups excluding carboxylic acids is 1. The SMILES string of the molecule is O=C(CCc1nc2ccccc2c(=O)[nH]1)NCCSCc1ccccc1F. The largest absolute Gasteiger partial charge is 0.355 e. The molecule has 27 heavy (non-hydrogen) atoms. The summed E-state index contributed by atoms with van der Waals surface area (Å²) in [7, 11) is 0. The number of carbonyl (C=O) groups is 1. The van der Waals surface area contributed by atoms with Crippen molar-refractivity contribution in [1.82, 2.24) is 15.3 Å². The van der Waals surface area contributed by atoms with Gasteiger partial charge < -0.3 is 10.3 Å². The van der Waals surface area contributed by atoms with Crippen molar-refractivity contribution in [2.45, 2.75) is 18.6 Å². The second-order valence-electron chi connectivity index (χ2n) is 6.02. The third-order valence-electron chi connectivity index (χ3n) is 4.03. The third-order valence-corrected chi connectivity index (χ3v) is 5.04. The summed E-state index contributed by atoms with van der Waals surface area (Å²) in [6.45, 7) is 0.514. The van der Waals surface area contributed by atoms with Gasteiger partial charge >= 0.3 is 0 Å². The number of amides is 1. The van der Waals surface area contributed by atoms with E-state index in [1.807, 2.05) is 12.1 Å². The fourth-order valence-corrected chi connectivity index (χ4v) is 3.48. The lowest BCUT2D eigenvalue weighted by Crippen LogP contribution is -2.26. The Hall–Kier alpha value is -2.67.